The van der Waals surface area contributed by atoms with Crippen molar-refractivity contribution >= 4 is 22.9 Å². The average Bonchev–Trinajstić information content (AvgIpc) is 2.80. The number of hydrazone groups is 1. The predicted molar refractivity (Wildman–Crippen MR) is 114 cm³/mol. The maximum atomic E-state index is 13.1. The van der Waals surface area contributed by atoms with Crippen molar-refractivity contribution < 1.29 is 13.9 Å². The molecular weight excluding hydrogens is 381 g/mol. The van der Waals surface area contributed by atoms with E-state index in [0.717, 1.165) is 21.9 Å². The van der Waals surface area contributed by atoms with Gasteiger partial charge in [-0.05, 0) is 46.7 Å². The SMILES string of the molecule is O=C(N/N=C/c1c(OCc2ccc(F)cc2)ccc2ccccc12)c1cccnc1. The zero-order valence-electron chi connectivity index (χ0n) is 16.0. The van der Waals surface area contributed by atoms with Crippen LogP contribution in [0.5, 0.6) is 5.75 Å². The number of halogens is 1. The molecule has 4 rings (SSSR count). The maximum Gasteiger partial charge on any atom is 0.272 e. The summed E-state index contributed by atoms with van der Waals surface area (Å²) < 4.78 is 19.1. The molecule has 0 fully saturated rings. The molecule has 6 heteroatoms. The number of nitrogens with zero attached hydrogens (tertiary/aromatic N) is 2. The van der Waals surface area contributed by atoms with Crippen molar-refractivity contribution in [3.8, 4) is 5.75 Å². The molecule has 30 heavy (non-hydrogen) atoms. The first-order chi connectivity index (χ1) is 14.7. The molecule has 148 valence electrons. The summed E-state index contributed by atoms with van der Waals surface area (Å²) >= 11 is 0. The van der Waals surface area contributed by atoms with Crippen LogP contribution in [0.25, 0.3) is 10.8 Å². The predicted octanol–water partition coefficient (Wildman–Crippen LogP) is 4.72. The number of carbonyl (C=O) groups is 1. The van der Waals surface area contributed by atoms with Gasteiger partial charge in [-0.15, -0.1) is 0 Å². The molecule has 0 saturated carbocycles. The van der Waals surface area contributed by atoms with E-state index in [2.05, 4.69) is 15.5 Å². The molecule has 1 aromatic heterocycles. The minimum Gasteiger partial charge on any atom is -0.488 e. The molecule has 0 atom stereocenters. The van der Waals surface area contributed by atoms with E-state index < -0.39 is 0 Å². The number of aromatic nitrogens is 1. The molecule has 0 saturated heterocycles. The molecule has 1 amide bonds. The normalized spacial score (nSPS) is 11.0. The molecule has 5 nitrogen and oxygen atoms in total. The number of hydrogen-bond donors (Lipinski definition) is 1. The van der Waals surface area contributed by atoms with Gasteiger partial charge in [0.1, 0.15) is 18.2 Å². The topological polar surface area (TPSA) is 63.6 Å². The lowest BCUT2D eigenvalue weighted by molar-refractivity contribution is 0.0954. The molecule has 0 spiro atoms. The second kappa shape index (κ2) is 8.96. The minimum absolute atomic E-state index is 0.279. The van der Waals surface area contributed by atoms with Gasteiger partial charge in [-0.3, -0.25) is 9.78 Å². The van der Waals surface area contributed by atoms with Gasteiger partial charge >= 0.3 is 0 Å². The van der Waals surface area contributed by atoms with Crippen molar-refractivity contribution in [1.29, 1.82) is 0 Å². The minimum atomic E-state index is -0.353. The van der Waals surface area contributed by atoms with E-state index in [-0.39, 0.29) is 18.3 Å². The summed E-state index contributed by atoms with van der Waals surface area (Å²) in [5, 5.41) is 6.07. The monoisotopic (exact) mass is 399 g/mol. The molecule has 0 unspecified atom stereocenters. The summed E-state index contributed by atoms with van der Waals surface area (Å²) in [6.45, 7) is 0.279. The molecule has 0 aliphatic heterocycles. The molecule has 4 aromatic rings. The van der Waals surface area contributed by atoms with Gasteiger partial charge < -0.3 is 4.74 Å². The van der Waals surface area contributed by atoms with Gasteiger partial charge in [0, 0.05) is 18.0 Å². The van der Waals surface area contributed by atoms with Crippen molar-refractivity contribution in [1.82, 2.24) is 10.4 Å². The zero-order chi connectivity index (χ0) is 20.8. The third-order valence-electron chi connectivity index (χ3n) is 4.52. The lowest BCUT2D eigenvalue weighted by Crippen LogP contribution is -2.17. The van der Waals surface area contributed by atoms with Gasteiger partial charge in [0.15, 0.2) is 0 Å². The highest BCUT2D eigenvalue weighted by Gasteiger charge is 2.09. The van der Waals surface area contributed by atoms with Crippen LogP contribution in [-0.4, -0.2) is 17.1 Å². The first-order valence-corrected chi connectivity index (χ1v) is 9.33. The maximum absolute atomic E-state index is 13.1. The van der Waals surface area contributed by atoms with Crippen molar-refractivity contribution in [2.24, 2.45) is 5.10 Å². The smallest absolute Gasteiger partial charge is 0.272 e. The van der Waals surface area contributed by atoms with Gasteiger partial charge in [0.2, 0.25) is 0 Å². The highest BCUT2D eigenvalue weighted by molar-refractivity contribution is 6.03. The van der Waals surface area contributed by atoms with Crippen molar-refractivity contribution in [2.45, 2.75) is 6.61 Å². The number of fused-ring (bicyclic) bond motifs is 1. The number of pyridine rings is 1. The highest BCUT2D eigenvalue weighted by Crippen LogP contribution is 2.27. The first-order valence-electron chi connectivity index (χ1n) is 9.33. The van der Waals surface area contributed by atoms with E-state index in [9.17, 15) is 9.18 Å². The van der Waals surface area contributed by atoms with Crippen LogP contribution in [0.4, 0.5) is 4.39 Å². The molecule has 0 aliphatic rings. The number of carbonyl (C=O) groups excluding carboxylic acids is 1. The Kier molecular flexibility index (Phi) is 5.75. The van der Waals surface area contributed by atoms with Crippen molar-refractivity contribution in [2.75, 3.05) is 0 Å². The van der Waals surface area contributed by atoms with Crippen LogP contribution in [-0.2, 0) is 6.61 Å². The third kappa shape index (κ3) is 4.50. The molecule has 1 heterocycles. The van der Waals surface area contributed by atoms with Crippen LogP contribution >= 0.6 is 0 Å². The quantitative estimate of drug-likeness (QED) is 0.377. The molecule has 0 aliphatic carbocycles. The Bertz CT molecular complexity index is 1190. The second-order valence-corrected chi connectivity index (χ2v) is 6.55. The van der Waals surface area contributed by atoms with Gasteiger partial charge in [-0.1, -0.05) is 42.5 Å². The standard InChI is InChI=1S/C24H18FN3O2/c25-20-10-7-17(8-11-20)16-30-23-12-9-18-4-1-2-6-21(18)22(23)15-27-28-24(29)19-5-3-13-26-14-19/h1-15H,16H2,(H,28,29)/b27-15+. The van der Waals surface area contributed by atoms with Gasteiger partial charge in [0.05, 0.1) is 11.8 Å². The Balaban J connectivity index is 1.58. The number of hydrogen-bond acceptors (Lipinski definition) is 4. The van der Waals surface area contributed by atoms with E-state index in [4.69, 9.17) is 4.74 Å². The average molecular weight is 399 g/mol. The van der Waals surface area contributed by atoms with Gasteiger partial charge in [0.25, 0.3) is 5.91 Å². The van der Waals surface area contributed by atoms with Gasteiger partial charge in [-0.2, -0.15) is 5.10 Å². The Labute approximate surface area is 172 Å². The van der Waals surface area contributed by atoms with Crippen molar-refractivity contribution in [3.63, 3.8) is 0 Å². The van der Waals surface area contributed by atoms with Gasteiger partial charge in [-0.25, -0.2) is 9.82 Å². The Morgan fingerprint density at radius 3 is 2.67 bits per heavy atom. The fraction of sp³-hybridized carbons (Fsp3) is 0.0417. The Morgan fingerprint density at radius 2 is 1.87 bits per heavy atom. The number of ether oxygens (including phenoxy) is 1. The summed E-state index contributed by atoms with van der Waals surface area (Å²) in [5.41, 5.74) is 4.51. The summed E-state index contributed by atoms with van der Waals surface area (Å²) in [6.07, 6.45) is 4.64. The van der Waals surface area contributed by atoms with E-state index >= 15 is 0 Å². The number of amides is 1. The lowest BCUT2D eigenvalue weighted by Gasteiger charge is -2.12. The fourth-order valence-corrected chi connectivity index (χ4v) is 2.99. The van der Waals surface area contributed by atoms with Crippen LogP contribution < -0.4 is 10.2 Å². The Hall–Kier alpha value is -4.06. The van der Waals surface area contributed by atoms with Crippen LogP contribution in [0.15, 0.2) is 90.3 Å². The highest BCUT2D eigenvalue weighted by atomic mass is 19.1. The van der Waals surface area contributed by atoms with E-state index in [0.29, 0.717) is 11.3 Å². The van der Waals surface area contributed by atoms with Crippen LogP contribution in [0.1, 0.15) is 21.5 Å². The summed E-state index contributed by atoms with van der Waals surface area (Å²) in [7, 11) is 0. The molecule has 3 aromatic carbocycles. The lowest BCUT2D eigenvalue weighted by atomic mass is 10.0. The van der Waals surface area contributed by atoms with E-state index in [1.54, 1.807) is 36.7 Å². The number of nitrogens with one attached hydrogen (secondary N) is 1. The Morgan fingerprint density at radius 1 is 1.03 bits per heavy atom. The molecular formula is C24H18FN3O2. The molecule has 0 radical (unpaired) electrons. The molecule has 1 N–H and O–H groups in total. The number of benzene rings is 3. The third-order valence-corrected chi connectivity index (χ3v) is 4.52. The summed E-state index contributed by atoms with van der Waals surface area (Å²) in [5.74, 6) is -0.0348. The summed E-state index contributed by atoms with van der Waals surface area (Å²) in [6, 6.07) is 21.1. The first kappa shape index (κ1) is 19.3. The molecule has 0 bridgehead atoms. The van der Waals surface area contributed by atoms with E-state index in [1.165, 1.54) is 18.3 Å². The zero-order valence-corrected chi connectivity index (χ0v) is 16.0. The summed E-state index contributed by atoms with van der Waals surface area (Å²) in [4.78, 5) is 16.1. The van der Waals surface area contributed by atoms with Crippen molar-refractivity contribution in [3.05, 3.63) is 108 Å². The van der Waals surface area contributed by atoms with E-state index in [1.807, 2.05) is 36.4 Å². The van der Waals surface area contributed by atoms with Crippen LogP contribution in [0.2, 0.25) is 0 Å². The van der Waals surface area contributed by atoms with Crippen LogP contribution in [0.3, 0.4) is 0 Å². The fourth-order valence-electron chi connectivity index (χ4n) is 2.99. The number of rotatable bonds is 6. The van der Waals surface area contributed by atoms with Crippen LogP contribution in [0, 0.1) is 5.82 Å². The largest absolute Gasteiger partial charge is 0.488 e. The second-order valence-electron chi connectivity index (χ2n) is 6.55.